The van der Waals surface area contributed by atoms with Gasteiger partial charge in [-0.3, -0.25) is 9.59 Å². The Kier molecular flexibility index (Phi) is 5.81. The summed E-state index contributed by atoms with van der Waals surface area (Å²) in [7, 11) is 0. The summed E-state index contributed by atoms with van der Waals surface area (Å²) >= 11 is 0. The summed E-state index contributed by atoms with van der Waals surface area (Å²) in [6.07, 6.45) is 2.73. The summed E-state index contributed by atoms with van der Waals surface area (Å²) in [5.41, 5.74) is 1.13. The van der Waals surface area contributed by atoms with E-state index in [1.165, 1.54) is 12.6 Å². The van der Waals surface area contributed by atoms with Crippen molar-refractivity contribution in [3.8, 4) is 0 Å². The van der Waals surface area contributed by atoms with Gasteiger partial charge in [-0.2, -0.15) is 0 Å². The van der Waals surface area contributed by atoms with Gasteiger partial charge in [0.1, 0.15) is 0 Å². The highest BCUT2D eigenvalue weighted by atomic mass is 16.5. The number of nitrogens with one attached hydrogen (secondary N) is 1. The Labute approximate surface area is 155 Å². The largest absolute Gasteiger partial charge is 0.373 e. The third-order valence-corrected chi connectivity index (χ3v) is 5.57. The Morgan fingerprint density at radius 1 is 1.27 bits per heavy atom. The topological polar surface area (TPSA) is 61.9 Å². The normalized spacial score (nSPS) is 21.6. The summed E-state index contributed by atoms with van der Waals surface area (Å²) in [5.74, 6) is -0.182. The first kappa shape index (κ1) is 18.7. The van der Waals surface area contributed by atoms with Crippen molar-refractivity contribution in [1.29, 1.82) is 0 Å². The molecule has 2 heterocycles. The van der Waals surface area contributed by atoms with Gasteiger partial charge in [-0.1, -0.05) is 18.2 Å². The van der Waals surface area contributed by atoms with Crippen LogP contribution in [0.25, 0.3) is 0 Å². The van der Waals surface area contributed by atoms with Crippen molar-refractivity contribution in [2.75, 3.05) is 37.7 Å². The molecule has 2 saturated heterocycles. The number of carbonyl (C=O) groups is 2. The van der Waals surface area contributed by atoms with Crippen LogP contribution in [0, 0.1) is 0 Å². The Balaban J connectivity index is 1.55. The lowest BCUT2D eigenvalue weighted by molar-refractivity contribution is -0.136. The van der Waals surface area contributed by atoms with Gasteiger partial charge in [-0.25, -0.2) is 0 Å². The minimum Gasteiger partial charge on any atom is -0.373 e. The third-order valence-electron chi connectivity index (χ3n) is 5.57. The number of likely N-dealkylation sites (tertiary alicyclic amines) is 1. The lowest BCUT2D eigenvalue weighted by Gasteiger charge is -2.39. The van der Waals surface area contributed by atoms with Crippen molar-refractivity contribution < 1.29 is 14.3 Å². The highest BCUT2D eigenvalue weighted by Crippen LogP contribution is 2.38. The molecular formula is C20H29N3O3. The minimum absolute atomic E-state index is 0.0101. The second-order valence-corrected chi connectivity index (χ2v) is 7.26. The molecule has 1 unspecified atom stereocenters. The average Bonchev–Trinajstić information content (AvgIpc) is 3.05. The van der Waals surface area contributed by atoms with Gasteiger partial charge in [-0.15, -0.1) is 0 Å². The van der Waals surface area contributed by atoms with Crippen LogP contribution in [0.1, 0.15) is 33.1 Å². The number of likely N-dealkylation sites (N-methyl/N-ethyl adjacent to an activating group) is 1. The number of hydrogen-bond acceptors (Lipinski definition) is 4. The van der Waals surface area contributed by atoms with Gasteiger partial charge < -0.3 is 19.9 Å². The van der Waals surface area contributed by atoms with Gasteiger partial charge >= 0.3 is 0 Å². The van der Waals surface area contributed by atoms with E-state index in [2.05, 4.69) is 41.4 Å². The van der Waals surface area contributed by atoms with Gasteiger partial charge in [0.2, 0.25) is 11.8 Å². The number of nitrogens with zero attached hydrogens (tertiary/aromatic N) is 2. The lowest BCUT2D eigenvalue weighted by atomic mass is 9.87. The smallest absolute Gasteiger partial charge is 0.241 e. The molecule has 0 aliphatic carbocycles. The van der Waals surface area contributed by atoms with Crippen LogP contribution >= 0.6 is 0 Å². The molecule has 1 spiro atoms. The second-order valence-electron chi connectivity index (χ2n) is 7.26. The maximum absolute atomic E-state index is 12.2. The number of piperidine rings is 1. The molecular weight excluding hydrogens is 330 g/mol. The number of hydrogen-bond donors (Lipinski definition) is 1. The Morgan fingerprint density at radius 3 is 2.58 bits per heavy atom. The van der Waals surface area contributed by atoms with Crippen LogP contribution in [0.2, 0.25) is 0 Å². The fourth-order valence-electron chi connectivity index (χ4n) is 4.12. The molecule has 0 saturated carbocycles. The molecule has 6 heteroatoms. The van der Waals surface area contributed by atoms with Gasteiger partial charge in [-0.05, 0) is 38.3 Å². The zero-order valence-electron chi connectivity index (χ0n) is 15.7. The van der Waals surface area contributed by atoms with Crippen LogP contribution in [0.3, 0.4) is 0 Å². The first-order chi connectivity index (χ1) is 12.5. The summed E-state index contributed by atoms with van der Waals surface area (Å²) in [4.78, 5) is 27.4. The van der Waals surface area contributed by atoms with Gasteiger partial charge in [0.05, 0.1) is 24.8 Å². The predicted molar refractivity (Wildman–Crippen MR) is 101 cm³/mol. The SMILES string of the molecule is CCN(c1ccccc1)C1COC2(CCN(C(=O)CNC(C)=O)CC2)C1. The van der Waals surface area contributed by atoms with E-state index in [0.29, 0.717) is 19.1 Å². The molecule has 3 rings (SSSR count). The van der Waals surface area contributed by atoms with Crippen molar-refractivity contribution in [3.63, 3.8) is 0 Å². The van der Waals surface area contributed by atoms with Crippen molar-refractivity contribution >= 4 is 17.5 Å². The molecule has 0 bridgehead atoms. The standard InChI is InChI=1S/C20H29N3O3/c1-3-23(17-7-5-4-6-8-17)18-13-20(26-15-18)9-11-22(12-10-20)19(25)14-21-16(2)24/h4-8,18H,3,9-15H2,1-2H3,(H,21,24). The third kappa shape index (κ3) is 4.18. The summed E-state index contributed by atoms with van der Waals surface area (Å²) in [5, 5.41) is 2.58. The molecule has 6 nitrogen and oxygen atoms in total. The molecule has 0 aromatic heterocycles. The van der Waals surface area contributed by atoms with Crippen LogP contribution < -0.4 is 10.2 Å². The molecule has 2 aliphatic heterocycles. The number of carbonyl (C=O) groups excluding carboxylic acids is 2. The van der Waals surface area contributed by atoms with Crippen molar-refractivity contribution in [1.82, 2.24) is 10.2 Å². The molecule has 26 heavy (non-hydrogen) atoms. The van der Waals surface area contributed by atoms with Gasteiger partial charge in [0.15, 0.2) is 0 Å². The van der Waals surface area contributed by atoms with E-state index in [0.717, 1.165) is 32.4 Å². The molecule has 1 aromatic rings. The number of anilines is 1. The Bertz CT molecular complexity index is 626. The van der Waals surface area contributed by atoms with Gasteiger partial charge in [0.25, 0.3) is 0 Å². The number of amides is 2. The zero-order chi connectivity index (χ0) is 18.6. The number of para-hydroxylation sites is 1. The Hall–Kier alpha value is -2.08. The summed E-state index contributed by atoms with van der Waals surface area (Å²) in [6, 6.07) is 10.9. The zero-order valence-corrected chi connectivity index (χ0v) is 15.7. The molecule has 142 valence electrons. The number of benzene rings is 1. The molecule has 1 N–H and O–H groups in total. The van der Waals surface area contributed by atoms with E-state index in [4.69, 9.17) is 4.74 Å². The van der Waals surface area contributed by atoms with Crippen molar-refractivity contribution in [2.24, 2.45) is 0 Å². The monoisotopic (exact) mass is 359 g/mol. The van der Waals surface area contributed by atoms with Crippen LogP contribution in [0.15, 0.2) is 30.3 Å². The first-order valence-corrected chi connectivity index (χ1v) is 9.51. The van der Waals surface area contributed by atoms with Crippen LogP contribution in [-0.2, 0) is 14.3 Å². The second kappa shape index (κ2) is 8.08. The maximum atomic E-state index is 12.2. The highest BCUT2D eigenvalue weighted by Gasteiger charge is 2.44. The van der Waals surface area contributed by atoms with E-state index in [1.807, 2.05) is 11.0 Å². The summed E-state index contributed by atoms with van der Waals surface area (Å²) < 4.78 is 6.28. The van der Waals surface area contributed by atoms with E-state index in [-0.39, 0.29) is 24.0 Å². The van der Waals surface area contributed by atoms with Crippen LogP contribution in [0.5, 0.6) is 0 Å². The first-order valence-electron chi connectivity index (χ1n) is 9.51. The van der Waals surface area contributed by atoms with E-state index in [1.54, 1.807) is 0 Å². The molecule has 2 fully saturated rings. The van der Waals surface area contributed by atoms with Crippen molar-refractivity contribution in [3.05, 3.63) is 30.3 Å². The van der Waals surface area contributed by atoms with Crippen LogP contribution in [0.4, 0.5) is 5.69 Å². The van der Waals surface area contributed by atoms with Gasteiger partial charge in [0, 0.05) is 32.2 Å². The van der Waals surface area contributed by atoms with E-state index < -0.39 is 0 Å². The van der Waals surface area contributed by atoms with E-state index >= 15 is 0 Å². The lowest BCUT2D eigenvalue weighted by Crippen LogP contribution is -2.49. The molecule has 1 atom stereocenters. The molecule has 2 amide bonds. The maximum Gasteiger partial charge on any atom is 0.241 e. The fraction of sp³-hybridized carbons (Fsp3) is 0.600. The molecule has 2 aliphatic rings. The molecule has 0 radical (unpaired) electrons. The number of ether oxygens (including phenoxy) is 1. The van der Waals surface area contributed by atoms with E-state index in [9.17, 15) is 9.59 Å². The molecule has 1 aromatic carbocycles. The minimum atomic E-state index is -0.172. The average molecular weight is 359 g/mol. The van der Waals surface area contributed by atoms with Crippen LogP contribution in [-0.4, -0.2) is 61.1 Å². The predicted octanol–water partition coefficient (Wildman–Crippen LogP) is 1.80. The number of rotatable bonds is 5. The summed E-state index contributed by atoms with van der Waals surface area (Å²) in [6.45, 7) is 6.78. The quantitative estimate of drug-likeness (QED) is 0.871. The highest BCUT2D eigenvalue weighted by molar-refractivity contribution is 5.83. The Morgan fingerprint density at radius 2 is 1.96 bits per heavy atom. The van der Waals surface area contributed by atoms with Crippen molar-refractivity contribution in [2.45, 2.75) is 44.8 Å². The fourth-order valence-corrected chi connectivity index (χ4v) is 4.12.